The van der Waals surface area contributed by atoms with Crippen LogP contribution in [0.3, 0.4) is 0 Å². The van der Waals surface area contributed by atoms with Gasteiger partial charge in [0.1, 0.15) is 12.4 Å². The Morgan fingerprint density at radius 1 is 0.870 bits per heavy atom. The summed E-state index contributed by atoms with van der Waals surface area (Å²) in [7, 11) is 0. The predicted octanol–water partition coefficient (Wildman–Crippen LogP) is 4.04. The molecule has 2 aromatic carbocycles. The number of carbonyl (C=O) groups is 1. The van der Waals surface area contributed by atoms with Crippen LogP contribution in [0.15, 0.2) is 29.8 Å². The predicted molar refractivity (Wildman–Crippen MR) is 70.5 cm³/mol. The van der Waals surface area contributed by atoms with E-state index in [4.69, 9.17) is 4.74 Å². The lowest BCUT2D eigenvalue weighted by atomic mass is 9.98. The molecule has 1 aliphatic rings. The number of hydrogen-bond acceptors (Lipinski definition) is 2. The van der Waals surface area contributed by atoms with Gasteiger partial charge in [0.15, 0.2) is 29.1 Å². The Morgan fingerprint density at radius 2 is 1.43 bits per heavy atom. The Morgan fingerprint density at radius 3 is 2.09 bits per heavy atom. The second-order valence-corrected chi connectivity index (χ2v) is 4.77. The van der Waals surface area contributed by atoms with Crippen molar-refractivity contribution in [2.75, 3.05) is 6.61 Å². The van der Waals surface area contributed by atoms with Gasteiger partial charge in [0, 0.05) is 5.57 Å². The van der Waals surface area contributed by atoms with Crippen LogP contribution >= 0.6 is 0 Å². The van der Waals surface area contributed by atoms with Gasteiger partial charge in [-0.3, -0.25) is 4.79 Å². The van der Waals surface area contributed by atoms with Crippen LogP contribution in [0.25, 0.3) is 6.08 Å². The molecule has 0 radical (unpaired) electrons. The molecule has 0 N–H and O–H groups in total. The Hall–Kier alpha value is -2.70. The molecular formula is C16H7F5O2. The fourth-order valence-electron chi connectivity index (χ4n) is 2.20. The van der Waals surface area contributed by atoms with Crippen LogP contribution in [0.5, 0.6) is 5.75 Å². The molecule has 0 bridgehead atoms. The smallest absolute Gasteiger partial charge is 0.200 e. The summed E-state index contributed by atoms with van der Waals surface area (Å²) in [5.41, 5.74) is -1.24. The minimum absolute atomic E-state index is 0.147. The highest BCUT2D eigenvalue weighted by Gasteiger charge is 2.28. The molecule has 0 saturated carbocycles. The van der Waals surface area contributed by atoms with Crippen LogP contribution in [0.4, 0.5) is 22.0 Å². The van der Waals surface area contributed by atoms with E-state index in [0.717, 1.165) is 0 Å². The zero-order valence-electron chi connectivity index (χ0n) is 11.3. The van der Waals surface area contributed by atoms with E-state index >= 15 is 0 Å². The van der Waals surface area contributed by atoms with E-state index in [2.05, 4.69) is 0 Å². The molecule has 0 aromatic heterocycles. The number of rotatable bonds is 1. The number of halogens is 5. The molecule has 3 rings (SSSR count). The van der Waals surface area contributed by atoms with E-state index in [1.165, 1.54) is 12.1 Å². The first-order valence-electron chi connectivity index (χ1n) is 6.40. The third kappa shape index (κ3) is 2.38. The number of Topliss-reactive ketones (excluding diaryl/α,β-unsaturated/α-hetero) is 1. The molecule has 1 heterocycles. The van der Waals surface area contributed by atoms with E-state index in [9.17, 15) is 26.7 Å². The number of ketones is 1. The summed E-state index contributed by atoms with van der Waals surface area (Å²) in [6, 6.07) is 6.15. The summed E-state index contributed by atoms with van der Waals surface area (Å²) in [6.07, 6.45) is 0.620. The summed E-state index contributed by atoms with van der Waals surface area (Å²) in [5.74, 6) is -10.7. The van der Waals surface area contributed by atoms with Crippen molar-refractivity contribution >= 4 is 11.9 Å². The van der Waals surface area contributed by atoms with Gasteiger partial charge < -0.3 is 4.74 Å². The summed E-state index contributed by atoms with van der Waals surface area (Å²) >= 11 is 0. The zero-order valence-corrected chi connectivity index (χ0v) is 11.3. The highest BCUT2D eigenvalue weighted by molar-refractivity contribution is 6.14. The van der Waals surface area contributed by atoms with Crippen LogP contribution in [0, 0.1) is 29.1 Å². The van der Waals surface area contributed by atoms with Crippen LogP contribution in [0.2, 0.25) is 0 Å². The minimum atomic E-state index is -2.25. The monoisotopic (exact) mass is 326 g/mol. The molecule has 7 heteroatoms. The molecule has 0 unspecified atom stereocenters. The van der Waals surface area contributed by atoms with Gasteiger partial charge in [-0.15, -0.1) is 0 Å². The van der Waals surface area contributed by atoms with Crippen molar-refractivity contribution in [3.63, 3.8) is 0 Å². The van der Waals surface area contributed by atoms with Gasteiger partial charge in [0.25, 0.3) is 0 Å². The van der Waals surface area contributed by atoms with Gasteiger partial charge in [-0.25, -0.2) is 22.0 Å². The second-order valence-electron chi connectivity index (χ2n) is 4.77. The van der Waals surface area contributed by atoms with E-state index < -0.39 is 40.4 Å². The third-order valence-electron chi connectivity index (χ3n) is 3.37. The Bertz CT molecular complexity index is 829. The SMILES string of the molecule is O=C1/C(=C/c2c(F)c(F)c(F)c(F)c2F)COc2ccccc21. The number of benzene rings is 2. The topological polar surface area (TPSA) is 26.3 Å². The van der Waals surface area contributed by atoms with Gasteiger partial charge in [-0.2, -0.15) is 0 Å². The first-order valence-corrected chi connectivity index (χ1v) is 6.40. The van der Waals surface area contributed by atoms with Crippen molar-refractivity contribution in [2.24, 2.45) is 0 Å². The van der Waals surface area contributed by atoms with E-state index in [-0.39, 0.29) is 23.5 Å². The Kier molecular flexibility index (Phi) is 3.63. The fourth-order valence-corrected chi connectivity index (χ4v) is 2.20. The van der Waals surface area contributed by atoms with Crippen LogP contribution in [-0.2, 0) is 0 Å². The molecule has 0 aliphatic carbocycles. The lowest BCUT2D eigenvalue weighted by molar-refractivity contribution is 0.100. The highest BCUT2D eigenvalue weighted by Crippen LogP contribution is 2.30. The molecule has 23 heavy (non-hydrogen) atoms. The van der Waals surface area contributed by atoms with Crippen LogP contribution in [-0.4, -0.2) is 12.4 Å². The van der Waals surface area contributed by atoms with Gasteiger partial charge in [-0.1, -0.05) is 12.1 Å². The minimum Gasteiger partial charge on any atom is -0.488 e. The number of carbonyl (C=O) groups excluding carboxylic acids is 1. The average Bonchev–Trinajstić information content (AvgIpc) is 2.57. The first kappa shape index (κ1) is 15.2. The fraction of sp³-hybridized carbons (Fsp3) is 0.0625. The van der Waals surface area contributed by atoms with Gasteiger partial charge in [0.05, 0.1) is 11.1 Å². The van der Waals surface area contributed by atoms with Gasteiger partial charge >= 0.3 is 0 Å². The average molecular weight is 326 g/mol. The lowest BCUT2D eigenvalue weighted by Crippen LogP contribution is -2.19. The van der Waals surface area contributed by atoms with Crippen molar-refractivity contribution in [3.05, 3.63) is 70.1 Å². The summed E-state index contributed by atoms with van der Waals surface area (Å²) < 4.78 is 72.0. The molecule has 1 aliphatic heterocycles. The summed E-state index contributed by atoms with van der Waals surface area (Å²) in [4.78, 5) is 12.2. The lowest BCUT2D eigenvalue weighted by Gasteiger charge is -2.18. The molecule has 0 spiro atoms. The van der Waals surface area contributed by atoms with Gasteiger partial charge in [0.2, 0.25) is 5.82 Å². The molecule has 0 saturated heterocycles. The molecule has 2 nitrogen and oxygen atoms in total. The maximum atomic E-state index is 13.7. The maximum Gasteiger partial charge on any atom is 0.200 e. The van der Waals surface area contributed by atoms with E-state index in [1.807, 2.05) is 0 Å². The van der Waals surface area contributed by atoms with Crippen molar-refractivity contribution in [1.82, 2.24) is 0 Å². The number of hydrogen-bond donors (Lipinski definition) is 0. The van der Waals surface area contributed by atoms with Crippen LogP contribution in [0.1, 0.15) is 15.9 Å². The van der Waals surface area contributed by atoms with Crippen LogP contribution < -0.4 is 4.74 Å². The zero-order chi connectivity index (χ0) is 16.7. The largest absolute Gasteiger partial charge is 0.488 e. The number of ether oxygens (including phenoxy) is 1. The van der Waals surface area contributed by atoms with Gasteiger partial charge in [-0.05, 0) is 18.2 Å². The Balaban J connectivity index is 2.13. The molecule has 0 amide bonds. The quantitative estimate of drug-likeness (QED) is 0.342. The summed E-state index contributed by atoms with van der Waals surface area (Å²) in [5, 5.41) is 0. The first-order chi connectivity index (χ1) is 10.9. The van der Waals surface area contributed by atoms with E-state index in [1.54, 1.807) is 12.1 Å². The second kappa shape index (κ2) is 5.49. The molecule has 118 valence electrons. The molecule has 0 fully saturated rings. The molecular weight excluding hydrogens is 319 g/mol. The summed E-state index contributed by atoms with van der Waals surface area (Å²) in [6.45, 7) is -0.338. The number of para-hydroxylation sites is 1. The van der Waals surface area contributed by atoms with E-state index in [0.29, 0.717) is 6.08 Å². The number of fused-ring (bicyclic) bond motifs is 1. The highest BCUT2D eigenvalue weighted by atomic mass is 19.2. The normalized spacial score (nSPS) is 15.5. The third-order valence-corrected chi connectivity index (χ3v) is 3.37. The standard InChI is InChI=1S/C16H7F5O2/c17-11-9(12(18)14(20)15(21)13(11)19)5-7-6-23-10-4-2-1-3-8(10)16(7)22/h1-5H,6H2/b7-5+. The molecule has 2 aromatic rings. The van der Waals surface area contributed by atoms with Crippen molar-refractivity contribution in [1.29, 1.82) is 0 Å². The molecule has 0 atom stereocenters. The maximum absolute atomic E-state index is 13.7. The van der Waals surface area contributed by atoms with Crippen molar-refractivity contribution < 1.29 is 31.5 Å². The van der Waals surface area contributed by atoms with Crippen molar-refractivity contribution in [3.8, 4) is 5.75 Å². The van der Waals surface area contributed by atoms with Crippen molar-refractivity contribution in [2.45, 2.75) is 0 Å². The Labute approximate surface area is 126 Å².